The van der Waals surface area contributed by atoms with Crippen molar-refractivity contribution in [3.63, 3.8) is 0 Å². The van der Waals surface area contributed by atoms with Gasteiger partial charge in [-0.15, -0.1) is 0 Å². The largest absolute Gasteiger partial charge is 0.478 e. The zero-order valence-corrected chi connectivity index (χ0v) is 11.1. The number of carboxylic acids is 1. The molecule has 0 aliphatic carbocycles. The van der Waals surface area contributed by atoms with Crippen molar-refractivity contribution in [3.8, 4) is 0 Å². The number of hydrogen-bond donors (Lipinski definition) is 3. The molecule has 4 nitrogen and oxygen atoms in total. The summed E-state index contributed by atoms with van der Waals surface area (Å²) in [7, 11) is 0. The first kappa shape index (κ1) is 14.2. The maximum absolute atomic E-state index is 13.1. The predicted molar refractivity (Wildman–Crippen MR) is 74.8 cm³/mol. The number of benzene rings is 2. The van der Waals surface area contributed by atoms with Crippen molar-refractivity contribution < 1.29 is 23.1 Å². The van der Waals surface area contributed by atoms with Crippen LogP contribution in [0.3, 0.4) is 0 Å². The Kier molecular flexibility index (Phi) is 3.20. The summed E-state index contributed by atoms with van der Waals surface area (Å²) in [5.41, 5.74) is 0.0167. The van der Waals surface area contributed by atoms with Crippen LogP contribution >= 0.6 is 0 Å². The average Bonchev–Trinajstić information content (AvgIpc) is 2.89. The van der Waals surface area contributed by atoms with E-state index in [2.05, 4.69) is 10.6 Å². The molecule has 1 aliphatic heterocycles. The van der Waals surface area contributed by atoms with Crippen molar-refractivity contribution in [1.82, 2.24) is 0 Å². The summed E-state index contributed by atoms with van der Waals surface area (Å²) < 4.78 is 39.3. The first-order chi connectivity index (χ1) is 10.4. The molecule has 2 aromatic rings. The van der Waals surface area contributed by atoms with E-state index in [0.29, 0.717) is 5.69 Å². The van der Waals surface area contributed by atoms with Gasteiger partial charge in [-0.25, -0.2) is 4.79 Å². The zero-order valence-electron chi connectivity index (χ0n) is 11.1. The molecule has 0 aromatic heterocycles. The summed E-state index contributed by atoms with van der Waals surface area (Å²) >= 11 is 0. The lowest BCUT2D eigenvalue weighted by Crippen LogP contribution is -2.18. The summed E-state index contributed by atoms with van der Waals surface area (Å²) in [5, 5.41) is 14.8. The molecule has 22 heavy (non-hydrogen) atoms. The fraction of sp³-hybridized carbons (Fsp3) is 0.133. The van der Waals surface area contributed by atoms with E-state index in [-0.39, 0.29) is 16.8 Å². The van der Waals surface area contributed by atoms with Crippen molar-refractivity contribution in [2.24, 2.45) is 0 Å². The summed E-state index contributed by atoms with van der Waals surface area (Å²) in [6, 6.07) is 9.74. The standard InChI is InChI=1S/C15H11F3N2O2/c16-15(17,18)10-6-2-1-4-8(10)13-19-11-7-3-5-9(14(21)22)12(11)20-13/h1-7,13,19-20H,(H,21,22). The van der Waals surface area contributed by atoms with Gasteiger partial charge in [-0.2, -0.15) is 13.2 Å². The molecule has 1 aliphatic rings. The molecule has 1 atom stereocenters. The maximum Gasteiger partial charge on any atom is 0.416 e. The summed E-state index contributed by atoms with van der Waals surface area (Å²) in [6.45, 7) is 0. The van der Waals surface area contributed by atoms with Gasteiger partial charge in [0.05, 0.1) is 22.5 Å². The van der Waals surface area contributed by atoms with Crippen molar-refractivity contribution in [3.05, 3.63) is 59.2 Å². The molecule has 0 saturated heterocycles. The van der Waals surface area contributed by atoms with Crippen LogP contribution in [0, 0.1) is 0 Å². The monoisotopic (exact) mass is 308 g/mol. The molecule has 114 valence electrons. The highest BCUT2D eigenvalue weighted by Gasteiger charge is 2.36. The van der Waals surface area contributed by atoms with E-state index in [9.17, 15) is 18.0 Å². The van der Waals surface area contributed by atoms with Crippen LogP contribution in [-0.2, 0) is 6.18 Å². The van der Waals surface area contributed by atoms with Gasteiger partial charge in [0.15, 0.2) is 0 Å². The quantitative estimate of drug-likeness (QED) is 0.786. The van der Waals surface area contributed by atoms with Crippen LogP contribution in [0.4, 0.5) is 24.5 Å². The van der Waals surface area contributed by atoms with Gasteiger partial charge in [0, 0.05) is 5.56 Å². The lowest BCUT2D eigenvalue weighted by Gasteiger charge is -2.18. The van der Waals surface area contributed by atoms with E-state index in [1.807, 2.05) is 0 Å². The van der Waals surface area contributed by atoms with Crippen LogP contribution in [0.25, 0.3) is 0 Å². The Morgan fingerprint density at radius 2 is 1.77 bits per heavy atom. The van der Waals surface area contributed by atoms with Gasteiger partial charge in [-0.05, 0) is 18.2 Å². The minimum atomic E-state index is -4.48. The third-order valence-electron chi connectivity index (χ3n) is 3.46. The molecule has 0 saturated carbocycles. The second-order valence-electron chi connectivity index (χ2n) is 4.84. The molecular weight excluding hydrogens is 297 g/mol. The van der Waals surface area contributed by atoms with Gasteiger partial charge < -0.3 is 15.7 Å². The number of fused-ring (bicyclic) bond motifs is 1. The summed E-state index contributed by atoms with van der Waals surface area (Å²) in [6.07, 6.45) is -5.32. The average molecular weight is 308 g/mol. The third-order valence-corrected chi connectivity index (χ3v) is 3.46. The van der Waals surface area contributed by atoms with Crippen LogP contribution in [0.1, 0.15) is 27.7 Å². The van der Waals surface area contributed by atoms with E-state index in [4.69, 9.17) is 5.11 Å². The molecule has 3 rings (SSSR count). The molecule has 0 amide bonds. The molecule has 2 aromatic carbocycles. The number of carbonyl (C=O) groups is 1. The molecule has 0 fully saturated rings. The molecule has 0 spiro atoms. The van der Waals surface area contributed by atoms with Crippen molar-refractivity contribution in [1.29, 1.82) is 0 Å². The fourth-order valence-corrected chi connectivity index (χ4v) is 2.50. The van der Waals surface area contributed by atoms with E-state index >= 15 is 0 Å². The number of anilines is 2. The Morgan fingerprint density at radius 1 is 1.05 bits per heavy atom. The topological polar surface area (TPSA) is 61.4 Å². The smallest absolute Gasteiger partial charge is 0.416 e. The number of rotatable bonds is 2. The highest BCUT2D eigenvalue weighted by atomic mass is 19.4. The number of halogens is 3. The van der Waals surface area contributed by atoms with Gasteiger partial charge >= 0.3 is 12.1 Å². The first-order valence-corrected chi connectivity index (χ1v) is 6.43. The number of nitrogens with one attached hydrogen (secondary N) is 2. The Labute approximate surface area is 123 Å². The summed E-state index contributed by atoms with van der Waals surface area (Å²) in [4.78, 5) is 11.2. The minimum Gasteiger partial charge on any atom is -0.478 e. The molecule has 1 heterocycles. The van der Waals surface area contributed by atoms with E-state index in [0.717, 1.165) is 6.07 Å². The Balaban J connectivity index is 2.01. The predicted octanol–water partition coefficient (Wildman–Crippen LogP) is 3.94. The molecule has 0 bridgehead atoms. The van der Waals surface area contributed by atoms with E-state index in [1.165, 1.54) is 30.3 Å². The first-order valence-electron chi connectivity index (χ1n) is 6.43. The van der Waals surface area contributed by atoms with Crippen LogP contribution in [0.5, 0.6) is 0 Å². The zero-order chi connectivity index (χ0) is 15.9. The van der Waals surface area contributed by atoms with Crippen molar-refractivity contribution >= 4 is 17.3 Å². The molecular formula is C15H11F3N2O2. The van der Waals surface area contributed by atoms with Crippen molar-refractivity contribution in [2.75, 3.05) is 10.6 Å². The van der Waals surface area contributed by atoms with Crippen molar-refractivity contribution in [2.45, 2.75) is 12.3 Å². The van der Waals surface area contributed by atoms with Crippen LogP contribution in [0.2, 0.25) is 0 Å². The number of alkyl halides is 3. The normalized spacial score (nSPS) is 16.6. The van der Waals surface area contributed by atoms with Crippen LogP contribution in [0.15, 0.2) is 42.5 Å². The SMILES string of the molecule is O=C(O)c1cccc2c1NC(c1ccccc1C(F)(F)F)N2. The Hall–Kier alpha value is -2.70. The molecule has 1 unspecified atom stereocenters. The highest BCUT2D eigenvalue weighted by Crippen LogP contribution is 2.41. The maximum atomic E-state index is 13.1. The Morgan fingerprint density at radius 3 is 2.45 bits per heavy atom. The number of para-hydroxylation sites is 1. The third kappa shape index (κ3) is 2.34. The molecule has 0 radical (unpaired) electrons. The van der Waals surface area contributed by atoms with Gasteiger partial charge in [0.1, 0.15) is 6.17 Å². The van der Waals surface area contributed by atoms with Crippen LogP contribution in [-0.4, -0.2) is 11.1 Å². The van der Waals surface area contributed by atoms with Gasteiger partial charge in [-0.1, -0.05) is 24.3 Å². The molecule has 3 N–H and O–H groups in total. The fourth-order valence-electron chi connectivity index (χ4n) is 2.50. The highest BCUT2D eigenvalue weighted by molar-refractivity contribution is 5.99. The molecule has 7 heteroatoms. The summed E-state index contributed by atoms with van der Waals surface area (Å²) in [5.74, 6) is -1.14. The second kappa shape index (κ2) is 4.94. The van der Waals surface area contributed by atoms with Gasteiger partial charge in [-0.3, -0.25) is 0 Å². The number of aromatic carboxylic acids is 1. The number of hydrogen-bond acceptors (Lipinski definition) is 3. The minimum absolute atomic E-state index is 0.0111. The van der Waals surface area contributed by atoms with E-state index in [1.54, 1.807) is 6.07 Å². The van der Waals surface area contributed by atoms with E-state index < -0.39 is 23.9 Å². The lowest BCUT2D eigenvalue weighted by molar-refractivity contribution is -0.138. The van der Waals surface area contributed by atoms with Gasteiger partial charge in [0.2, 0.25) is 0 Å². The second-order valence-corrected chi connectivity index (χ2v) is 4.84. The lowest BCUT2D eigenvalue weighted by atomic mass is 10.0. The van der Waals surface area contributed by atoms with Crippen LogP contribution < -0.4 is 10.6 Å². The van der Waals surface area contributed by atoms with Gasteiger partial charge in [0.25, 0.3) is 0 Å². The Bertz CT molecular complexity index is 744. The number of carboxylic acid groups (broad SMARTS) is 1.